The molecule has 0 bridgehead atoms. The van der Waals surface area contributed by atoms with Crippen LogP contribution >= 0.6 is 0 Å². The van der Waals surface area contributed by atoms with Gasteiger partial charge in [-0.25, -0.2) is 0 Å². The van der Waals surface area contributed by atoms with Gasteiger partial charge in [0.1, 0.15) is 0 Å². The van der Waals surface area contributed by atoms with Crippen LogP contribution in [-0.4, -0.2) is 67.8 Å². The van der Waals surface area contributed by atoms with Crippen LogP contribution in [0.25, 0.3) is 0 Å². The van der Waals surface area contributed by atoms with E-state index in [0.717, 1.165) is 25.1 Å². The highest BCUT2D eigenvalue weighted by atomic mass is 16.5. The Bertz CT molecular complexity index is 295. The van der Waals surface area contributed by atoms with Gasteiger partial charge < -0.3 is 10.5 Å². The van der Waals surface area contributed by atoms with Crippen molar-refractivity contribution in [3.63, 3.8) is 0 Å². The molecule has 3 fully saturated rings. The lowest BCUT2D eigenvalue weighted by atomic mass is 9.90. The van der Waals surface area contributed by atoms with E-state index >= 15 is 0 Å². The molecule has 2 heterocycles. The lowest BCUT2D eigenvalue weighted by Crippen LogP contribution is -2.65. The third-order valence-corrected chi connectivity index (χ3v) is 5.30. The number of piperazine rings is 1. The Hall–Kier alpha value is -0.160. The van der Waals surface area contributed by atoms with Crippen LogP contribution in [0.4, 0.5) is 0 Å². The maximum Gasteiger partial charge on any atom is 0.0661 e. The van der Waals surface area contributed by atoms with Crippen LogP contribution in [-0.2, 0) is 4.74 Å². The van der Waals surface area contributed by atoms with Gasteiger partial charge in [0.25, 0.3) is 0 Å². The fraction of sp³-hybridized carbons (Fsp3) is 1.00. The molecule has 3 rings (SSSR count). The standard InChI is InChI=1S/C14H27N3O/c1-18-11-14(10-15,12-4-5-12)17-8-7-16-6-2-3-13(16)9-17/h12-13H,2-11,15H2,1H3. The van der Waals surface area contributed by atoms with E-state index in [1.807, 2.05) is 7.11 Å². The SMILES string of the molecule is COCC(CN)(C1CC1)N1CCN2CCCC2C1. The van der Waals surface area contributed by atoms with E-state index in [1.165, 1.54) is 51.9 Å². The molecule has 0 aromatic carbocycles. The van der Waals surface area contributed by atoms with Gasteiger partial charge in [0.15, 0.2) is 0 Å². The number of nitrogens with zero attached hydrogens (tertiary/aromatic N) is 2. The van der Waals surface area contributed by atoms with Gasteiger partial charge in [0, 0.05) is 39.3 Å². The fourth-order valence-corrected chi connectivity index (χ4v) is 4.09. The van der Waals surface area contributed by atoms with E-state index in [0.29, 0.717) is 0 Å². The molecule has 0 aromatic heterocycles. The largest absolute Gasteiger partial charge is 0.383 e. The van der Waals surface area contributed by atoms with Crippen LogP contribution in [0.3, 0.4) is 0 Å². The van der Waals surface area contributed by atoms with Gasteiger partial charge in [-0.1, -0.05) is 0 Å². The Morgan fingerprint density at radius 1 is 1.22 bits per heavy atom. The third kappa shape index (κ3) is 2.09. The fourth-order valence-electron chi connectivity index (χ4n) is 4.09. The topological polar surface area (TPSA) is 41.7 Å². The molecule has 2 N–H and O–H groups in total. The van der Waals surface area contributed by atoms with E-state index in [2.05, 4.69) is 9.80 Å². The number of hydrogen-bond donors (Lipinski definition) is 1. The van der Waals surface area contributed by atoms with Gasteiger partial charge in [0.2, 0.25) is 0 Å². The number of methoxy groups -OCH3 is 1. The molecule has 0 radical (unpaired) electrons. The summed E-state index contributed by atoms with van der Waals surface area (Å²) in [5.41, 5.74) is 6.30. The quantitative estimate of drug-likeness (QED) is 0.776. The Morgan fingerprint density at radius 3 is 2.72 bits per heavy atom. The van der Waals surface area contributed by atoms with Gasteiger partial charge in [-0.3, -0.25) is 9.80 Å². The van der Waals surface area contributed by atoms with Crippen molar-refractivity contribution in [2.24, 2.45) is 11.7 Å². The molecule has 2 unspecified atom stereocenters. The highest BCUT2D eigenvalue weighted by molar-refractivity contribution is 5.06. The summed E-state index contributed by atoms with van der Waals surface area (Å²) in [6.07, 6.45) is 5.42. The van der Waals surface area contributed by atoms with Crippen LogP contribution in [0, 0.1) is 5.92 Å². The molecule has 2 saturated heterocycles. The van der Waals surface area contributed by atoms with Gasteiger partial charge in [-0.2, -0.15) is 0 Å². The monoisotopic (exact) mass is 253 g/mol. The molecule has 104 valence electrons. The van der Waals surface area contributed by atoms with Crippen molar-refractivity contribution in [3.8, 4) is 0 Å². The molecule has 4 heteroatoms. The van der Waals surface area contributed by atoms with Crippen molar-refractivity contribution in [2.45, 2.75) is 37.3 Å². The lowest BCUT2D eigenvalue weighted by molar-refractivity contribution is -0.0371. The molecule has 1 saturated carbocycles. The summed E-state index contributed by atoms with van der Waals surface area (Å²) in [7, 11) is 1.82. The second kappa shape index (κ2) is 5.08. The molecule has 2 aliphatic heterocycles. The van der Waals surface area contributed by atoms with E-state index in [9.17, 15) is 0 Å². The number of rotatable bonds is 5. The number of nitrogens with two attached hydrogens (primary N) is 1. The molecule has 0 spiro atoms. The van der Waals surface area contributed by atoms with E-state index in [4.69, 9.17) is 10.5 Å². The van der Waals surface area contributed by atoms with Crippen LogP contribution < -0.4 is 5.73 Å². The third-order valence-electron chi connectivity index (χ3n) is 5.30. The summed E-state index contributed by atoms with van der Waals surface area (Å²) in [5, 5.41) is 0. The highest BCUT2D eigenvalue weighted by Gasteiger charge is 2.50. The van der Waals surface area contributed by atoms with Crippen LogP contribution in [0.2, 0.25) is 0 Å². The zero-order valence-electron chi connectivity index (χ0n) is 11.6. The van der Waals surface area contributed by atoms with Crippen molar-refractivity contribution in [2.75, 3.05) is 46.4 Å². The zero-order chi connectivity index (χ0) is 12.6. The lowest BCUT2D eigenvalue weighted by Gasteiger charge is -2.49. The molecular weight excluding hydrogens is 226 g/mol. The second-order valence-corrected chi connectivity index (χ2v) is 6.29. The molecular formula is C14H27N3O. The minimum Gasteiger partial charge on any atom is -0.383 e. The maximum atomic E-state index is 6.17. The summed E-state index contributed by atoms with van der Waals surface area (Å²) < 4.78 is 5.53. The van der Waals surface area contributed by atoms with Crippen molar-refractivity contribution >= 4 is 0 Å². The Kier molecular flexibility index (Phi) is 3.63. The van der Waals surface area contributed by atoms with Gasteiger partial charge in [0.05, 0.1) is 12.1 Å². The molecule has 0 amide bonds. The van der Waals surface area contributed by atoms with Gasteiger partial charge in [-0.05, 0) is 38.1 Å². The molecule has 18 heavy (non-hydrogen) atoms. The van der Waals surface area contributed by atoms with E-state index in [-0.39, 0.29) is 5.54 Å². The van der Waals surface area contributed by atoms with E-state index in [1.54, 1.807) is 0 Å². The first kappa shape index (κ1) is 12.9. The summed E-state index contributed by atoms with van der Waals surface area (Å²) in [4.78, 5) is 5.33. The maximum absolute atomic E-state index is 6.17. The van der Waals surface area contributed by atoms with Gasteiger partial charge >= 0.3 is 0 Å². The summed E-state index contributed by atoms with van der Waals surface area (Å²) in [6, 6.07) is 0.778. The predicted molar refractivity (Wildman–Crippen MR) is 72.6 cm³/mol. The number of fused-ring (bicyclic) bond motifs is 1. The zero-order valence-corrected chi connectivity index (χ0v) is 11.6. The Labute approximate surface area is 110 Å². The first-order chi connectivity index (χ1) is 8.80. The Morgan fingerprint density at radius 2 is 2.06 bits per heavy atom. The molecule has 0 aromatic rings. The molecule has 1 aliphatic carbocycles. The molecule has 2 atom stereocenters. The van der Waals surface area contributed by atoms with Crippen LogP contribution in [0.1, 0.15) is 25.7 Å². The highest BCUT2D eigenvalue weighted by Crippen LogP contribution is 2.44. The average molecular weight is 253 g/mol. The van der Waals surface area contributed by atoms with Crippen molar-refractivity contribution in [3.05, 3.63) is 0 Å². The van der Waals surface area contributed by atoms with Crippen molar-refractivity contribution < 1.29 is 4.74 Å². The average Bonchev–Trinajstić information content (AvgIpc) is 3.14. The molecule has 4 nitrogen and oxygen atoms in total. The normalized spacial score (nSPS) is 33.3. The second-order valence-electron chi connectivity index (χ2n) is 6.29. The minimum atomic E-state index is 0.128. The summed E-state index contributed by atoms with van der Waals surface area (Å²) in [5.74, 6) is 0.774. The summed E-state index contributed by atoms with van der Waals surface area (Å²) >= 11 is 0. The van der Waals surface area contributed by atoms with Crippen molar-refractivity contribution in [1.29, 1.82) is 0 Å². The minimum absolute atomic E-state index is 0.128. The van der Waals surface area contributed by atoms with Crippen LogP contribution in [0.5, 0.6) is 0 Å². The first-order valence-corrected chi connectivity index (χ1v) is 7.48. The molecule has 3 aliphatic rings. The van der Waals surface area contributed by atoms with E-state index < -0.39 is 0 Å². The number of ether oxygens (including phenoxy) is 1. The van der Waals surface area contributed by atoms with Gasteiger partial charge in [-0.15, -0.1) is 0 Å². The smallest absolute Gasteiger partial charge is 0.0661 e. The Balaban J connectivity index is 1.73. The predicted octanol–water partition coefficient (Wildman–Crippen LogP) is 0.520. The van der Waals surface area contributed by atoms with Crippen LogP contribution in [0.15, 0.2) is 0 Å². The number of hydrogen-bond acceptors (Lipinski definition) is 4. The first-order valence-electron chi connectivity index (χ1n) is 7.48. The summed E-state index contributed by atoms with van der Waals surface area (Å²) in [6.45, 7) is 6.47. The van der Waals surface area contributed by atoms with Crippen molar-refractivity contribution in [1.82, 2.24) is 9.80 Å².